The van der Waals surface area contributed by atoms with Crippen LogP contribution in [0.2, 0.25) is 0 Å². The molecule has 0 aliphatic carbocycles. The Balaban J connectivity index is 1.40. The molecule has 1 aliphatic rings. The highest BCUT2D eigenvalue weighted by Crippen LogP contribution is 2.42. The van der Waals surface area contributed by atoms with E-state index in [0.717, 1.165) is 11.8 Å². The average molecular weight is 485 g/mol. The number of para-hydroxylation sites is 1. The maximum absolute atomic E-state index is 13.4. The van der Waals surface area contributed by atoms with Gasteiger partial charge in [-0.15, -0.1) is 8.78 Å². The van der Waals surface area contributed by atoms with Crippen LogP contribution in [0.15, 0.2) is 76.7 Å². The molecule has 1 N–H and O–H groups in total. The molecule has 0 fully saturated rings. The first-order valence-corrected chi connectivity index (χ1v) is 10.9. The minimum atomic E-state index is -3.76. The lowest BCUT2D eigenvalue weighted by Crippen LogP contribution is -2.25. The van der Waals surface area contributed by atoms with E-state index in [4.69, 9.17) is 0 Å². The highest BCUT2D eigenvalue weighted by Gasteiger charge is 2.43. The van der Waals surface area contributed by atoms with Crippen molar-refractivity contribution in [3.05, 3.63) is 82.9 Å². The Morgan fingerprint density at radius 2 is 1.76 bits per heavy atom. The van der Waals surface area contributed by atoms with Gasteiger partial charge < -0.3 is 14.8 Å². The van der Waals surface area contributed by atoms with E-state index >= 15 is 0 Å². The molecule has 0 radical (unpaired) electrons. The van der Waals surface area contributed by atoms with Crippen LogP contribution in [0.25, 0.3) is 16.6 Å². The van der Waals surface area contributed by atoms with Gasteiger partial charge in [-0.05, 0) is 48.5 Å². The molecule has 7 nitrogen and oxygen atoms in total. The highest BCUT2D eigenvalue weighted by atomic mass is 32.2. The molecule has 3 aromatic carbocycles. The molecule has 0 saturated carbocycles. The number of rotatable bonds is 5. The summed E-state index contributed by atoms with van der Waals surface area (Å²) in [4.78, 5) is 30.2. The van der Waals surface area contributed by atoms with E-state index in [2.05, 4.69) is 19.8 Å². The van der Waals surface area contributed by atoms with Gasteiger partial charge in [-0.25, -0.2) is 9.37 Å². The van der Waals surface area contributed by atoms with Crippen molar-refractivity contribution in [3.8, 4) is 17.2 Å². The fourth-order valence-corrected chi connectivity index (χ4v) is 4.19. The van der Waals surface area contributed by atoms with E-state index in [9.17, 15) is 22.8 Å². The number of nitrogens with one attached hydrogen (secondary N) is 1. The lowest BCUT2D eigenvalue weighted by atomic mass is 10.2. The Morgan fingerprint density at radius 3 is 2.56 bits per heavy atom. The summed E-state index contributed by atoms with van der Waals surface area (Å²) in [5, 5.41) is 3.19. The number of nitrogens with zero attached hydrogens (tertiary/aromatic N) is 2. The van der Waals surface area contributed by atoms with Crippen LogP contribution in [0.5, 0.6) is 11.5 Å². The van der Waals surface area contributed by atoms with E-state index in [1.807, 2.05) is 0 Å². The number of halogens is 3. The summed E-state index contributed by atoms with van der Waals surface area (Å²) in [5.74, 6) is -1.40. The summed E-state index contributed by atoms with van der Waals surface area (Å²) in [6, 6.07) is 16.0. The lowest BCUT2D eigenvalue weighted by Gasteiger charge is -2.13. The van der Waals surface area contributed by atoms with Crippen LogP contribution in [0.4, 0.5) is 18.9 Å². The van der Waals surface area contributed by atoms with Gasteiger partial charge in [-0.2, -0.15) is 0 Å². The molecule has 0 unspecified atom stereocenters. The fraction of sp³-hybridized carbons (Fsp3) is 0.0870. The van der Waals surface area contributed by atoms with E-state index in [1.54, 1.807) is 24.3 Å². The van der Waals surface area contributed by atoms with E-state index < -0.39 is 18.0 Å². The number of alkyl halides is 2. The van der Waals surface area contributed by atoms with Gasteiger partial charge in [0.05, 0.1) is 22.3 Å². The number of thioether (sulfide) groups is 1. The molecule has 2 heterocycles. The number of carbonyl (C=O) groups excluding carboxylic acids is 1. The van der Waals surface area contributed by atoms with Crippen LogP contribution < -0.4 is 20.3 Å². The second-order valence-corrected chi connectivity index (χ2v) is 8.14. The van der Waals surface area contributed by atoms with Crippen molar-refractivity contribution >= 4 is 34.3 Å². The number of ether oxygens (including phenoxy) is 2. The summed E-state index contributed by atoms with van der Waals surface area (Å²) in [6.45, 7) is 0. The molecule has 11 heteroatoms. The second-order valence-electron chi connectivity index (χ2n) is 7.19. The molecule has 0 spiro atoms. The Bertz CT molecular complexity index is 1480. The third kappa shape index (κ3) is 4.29. The summed E-state index contributed by atoms with van der Waals surface area (Å²) >= 11 is 0.998. The summed E-state index contributed by atoms with van der Waals surface area (Å²) in [6.07, 6.45) is -3.76. The van der Waals surface area contributed by atoms with Gasteiger partial charge in [0.1, 0.15) is 5.82 Å². The third-order valence-corrected chi connectivity index (χ3v) is 5.79. The van der Waals surface area contributed by atoms with Crippen molar-refractivity contribution in [2.75, 3.05) is 11.1 Å². The van der Waals surface area contributed by atoms with Gasteiger partial charge in [-0.1, -0.05) is 23.9 Å². The van der Waals surface area contributed by atoms with Crippen molar-refractivity contribution in [1.29, 1.82) is 0 Å². The van der Waals surface area contributed by atoms with Crippen molar-refractivity contribution in [3.63, 3.8) is 0 Å². The zero-order valence-corrected chi connectivity index (χ0v) is 17.9. The van der Waals surface area contributed by atoms with Crippen LogP contribution >= 0.6 is 11.8 Å². The maximum Gasteiger partial charge on any atom is 0.586 e. The largest absolute Gasteiger partial charge is 0.586 e. The molecule has 1 aliphatic heterocycles. The predicted octanol–water partition coefficient (Wildman–Crippen LogP) is 4.58. The molecule has 1 aromatic heterocycles. The number of hydrogen-bond donors (Lipinski definition) is 1. The van der Waals surface area contributed by atoms with Crippen molar-refractivity contribution < 1.29 is 27.4 Å². The quantitative estimate of drug-likeness (QED) is 0.329. The number of carbonyl (C=O) groups is 1. The summed E-state index contributed by atoms with van der Waals surface area (Å²) in [5.41, 5.74) is 0.708. The Kier molecular flexibility index (Phi) is 5.40. The predicted molar refractivity (Wildman–Crippen MR) is 119 cm³/mol. The number of amides is 1. The van der Waals surface area contributed by atoms with E-state index in [1.165, 1.54) is 47.0 Å². The third-order valence-electron chi connectivity index (χ3n) is 4.85. The lowest BCUT2D eigenvalue weighted by molar-refractivity contribution is -0.286. The Labute approximate surface area is 194 Å². The second kappa shape index (κ2) is 8.41. The molecule has 0 bridgehead atoms. The van der Waals surface area contributed by atoms with Gasteiger partial charge in [0.15, 0.2) is 16.7 Å². The van der Waals surface area contributed by atoms with Crippen molar-refractivity contribution in [2.45, 2.75) is 11.5 Å². The van der Waals surface area contributed by atoms with Crippen LogP contribution in [0.1, 0.15) is 0 Å². The minimum absolute atomic E-state index is 0.138. The molecule has 4 aromatic rings. The fourth-order valence-electron chi connectivity index (χ4n) is 3.38. The first kappa shape index (κ1) is 21.8. The van der Waals surface area contributed by atoms with Gasteiger partial charge in [0.2, 0.25) is 5.91 Å². The topological polar surface area (TPSA) is 82.5 Å². The van der Waals surface area contributed by atoms with Crippen molar-refractivity contribution in [1.82, 2.24) is 9.55 Å². The average Bonchev–Trinajstić information content (AvgIpc) is 3.12. The van der Waals surface area contributed by atoms with E-state index in [-0.39, 0.29) is 33.7 Å². The SMILES string of the molecule is O=C(CSc1nc2ccccc2c(=O)n1-c1ccc(F)cc1)Nc1ccc2c(c1)OC(F)(F)O2. The minimum Gasteiger partial charge on any atom is -0.395 e. The van der Waals surface area contributed by atoms with Crippen LogP contribution in [-0.2, 0) is 4.79 Å². The number of benzene rings is 3. The summed E-state index contributed by atoms with van der Waals surface area (Å²) < 4.78 is 49.8. The van der Waals surface area contributed by atoms with Gasteiger partial charge in [0, 0.05) is 11.8 Å². The zero-order valence-electron chi connectivity index (χ0n) is 17.1. The molecular weight excluding hydrogens is 471 g/mol. The zero-order chi connectivity index (χ0) is 23.9. The smallest absolute Gasteiger partial charge is 0.395 e. The molecular formula is C23H14F3N3O4S. The molecule has 1 amide bonds. The number of anilines is 1. The van der Waals surface area contributed by atoms with Crippen LogP contribution in [-0.4, -0.2) is 27.5 Å². The molecule has 34 heavy (non-hydrogen) atoms. The monoisotopic (exact) mass is 485 g/mol. The van der Waals surface area contributed by atoms with Gasteiger partial charge in [0.25, 0.3) is 5.56 Å². The van der Waals surface area contributed by atoms with Gasteiger partial charge >= 0.3 is 6.29 Å². The van der Waals surface area contributed by atoms with Crippen molar-refractivity contribution in [2.24, 2.45) is 0 Å². The first-order valence-electron chi connectivity index (χ1n) is 9.89. The summed E-state index contributed by atoms with van der Waals surface area (Å²) in [7, 11) is 0. The molecule has 0 saturated heterocycles. The first-order chi connectivity index (χ1) is 16.3. The molecule has 5 rings (SSSR count). The normalized spacial score (nSPS) is 13.7. The highest BCUT2D eigenvalue weighted by molar-refractivity contribution is 7.99. The number of hydrogen-bond acceptors (Lipinski definition) is 6. The maximum atomic E-state index is 13.4. The Hall–Kier alpha value is -3.99. The molecule has 0 atom stereocenters. The number of fused-ring (bicyclic) bond motifs is 2. The standard InChI is InChI=1S/C23H14F3N3O4S/c24-13-5-8-15(9-6-13)29-21(31)16-3-1-2-4-17(16)28-22(29)34-12-20(30)27-14-7-10-18-19(11-14)33-23(25,26)32-18/h1-11H,12H2,(H,27,30). The Morgan fingerprint density at radius 1 is 1.03 bits per heavy atom. The van der Waals surface area contributed by atoms with Crippen LogP contribution in [0, 0.1) is 5.82 Å². The van der Waals surface area contributed by atoms with Gasteiger partial charge in [-0.3, -0.25) is 14.2 Å². The van der Waals surface area contributed by atoms with Crippen LogP contribution in [0.3, 0.4) is 0 Å². The number of aromatic nitrogens is 2. The van der Waals surface area contributed by atoms with E-state index in [0.29, 0.717) is 16.6 Å². The molecule has 172 valence electrons.